The molecule has 0 saturated carbocycles. The van der Waals surface area contributed by atoms with E-state index in [1.165, 1.54) is 0 Å². The Hall–Kier alpha value is -0.960. The standard InChI is InChI=1S/C9H13N2O2P/c1-12-5-6-3-4-7(8(10)11-6)9(14)13-2/h3-4,14H,5H2,1-2H3,(H2,10,11). The van der Waals surface area contributed by atoms with Crippen molar-refractivity contribution >= 4 is 20.2 Å². The van der Waals surface area contributed by atoms with Crippen molar-refractivity contribution in [3.8, 4) is 0 Å². The lowest BCUT2D eigenvalue weighted by Gasteiger charge is -2.07. The molecule has 1 aromatic heterocycles. The normalized spacial score (nSPS) is 10.1. The van der Waals surface area contributed by atoms with Crippen molar-refractivity contribution in [1.82, 2.24) is 4.98 Å². The van der Waals surface area contributed by atoms with Gasteiger partial charge in [0.2, 0.25) is 0 Å². The van der Waals surface area contributed by atoms with Gasteiger partial charge in [-0.2, -0.15) is 0 Å². The third kappa shape index (κ3) is 2.51. The van der Waals surface area contributed by atoms with Gasteiger partial charge in [-0.3, -0.25) is 0 Å². The fourth-order valence-electron chi connectivity index (χ4n) is 1.05. The lowest BCUT2D eigenvalue weighted by atomic mass is 10.2. The summed E-state index contributed by atoms with van der Waals surface area (Å²) in [6.07, 6.45) is 0. The van der Waals surface area contributed by atoms with E-state index in [2.05, 4.69) is 13.8 Å². The van der Waals surface area contributed by atoms with Gasteiger partial charge in [-0.15, -0.1) is 0 Å². The fourth-order valence-corrected chi connectivity index (χ4v) is 1.26. The first-order chi connectivity index (χ1) is 6.69. The summed E-state index contributed by atoms with van der Waals surface area (Å²) >= 11 is 0. The van der Waals surface area contributed by atoms with Crippen LogP contribution >= 0.6 is 8.86 Å². The molecule has 1 rings (SSSR count). The van der Waals surface area contributed by atoms with E-state index in [0.717, 1.165) is 11.3 Å². The van der Waals surface area contributed by atoms with Gasteiger partial charge in [-0.05, 0) is 12.1 Å². The molecule has 0 radical (unpaired) electrons. The molecule has 0 aliphatic rings. The number of ether oxygens (including phenoxy) is 2. The molecule has 76 valence electrons. The highest BCUT2D eigenvalue weighted by atomic mass is 31.0. The van der Waals surface area contributed by atoms with Crippen LogP contribution in [-0.2, 0) is 16.1 Å². The number of hydrogen-bond donors (Lipinski definition) is 1. The van der Waals surface area contributed by atoms with Crippen LogP contribution in [0.15, 0.2) is 12.1 Å². The van der Waals surface area contributed by atoms with Gasteiger partial charge in [0.15, 0.2) is 0 Å². The Balaban J connectivity index is 2.95. The van der Waals surface area contributed by atoms with Crippen molar-refractivity contribution in [2.45, 2.75) is 6.61 Å². The second kappa shape index (κ2) is 5.05. The Kier molecular flexibility index (Phi) is 4.01. The largest absolute Gasteiger partial charge is 0.383 e. The van der Waals surface area contributed by atoms with E-state index in [-0.39, 0.29) is 0 Å². The van der Waals surface area contributed by atoms with E-state index in [1.54, 1.807) is 14.2 Å². The van der Waals surface area contributed by atoms with Crippen LogP contribution in [0.1, 0.15) is 11.3 Å². The molecule has 0 fully saturated rings. The van der Waals surface area contributed by atoms with E-state index in [1.807, 2.05) is 12.1 Å². The summed E-state index contributed by atoms with van der Waals surface area (Å²) in [5.41, 5.74) is 7.83. The zero-order chi connectivity index (χ0) is 10.6. The second-order valence-corrected chi connectivity index (χ2v) is 3.16. The Morgan fingerprint density at radius 1 is 1.50 bits per heavy atom. The summed E-state index contributed by atoms with van der Waals surface area (Å²) in [5, 5.41) is 0. The van der Waals surface area contributed by atoms with E-state index >= 15 is 0 Å². The van der Waals surface area contributed by atoms with Crippen LogP contribution in [0.2, 0.25) is 0 Å². The summed E-state index contributed by atoms with van der Waals surface area (Å²) in [7, 11) is 6.47. The summed E-state index contributed by atoms with van der Waals surface area (Å²) in [4.78, 5) is 4.15. The van der Waals surface area contributed by atoms with Crippen molar-refractivity contribution in [2.24, 2.45) is 0 Å². The van der Waals surface area contributed by atoms with Crippen LogP contribution in [0.25, 0.3) is 0 Å². The highest BCUT2D eigenvalue weighted by Crippen LogP contribution is 2.12. The van der Waals surface area contributed by atoms with Crippen LogP contribution in [0.4, 0.5) is 5.82 Å². The molecule has 14 heavy (non-hydrogen) atoms. The Bertz CT molecular complexity index is 342. The number of nitrogen functional groups attached to an aromatic ring is 1. The summed E-state index contributed by atoms with van der Waals surface area (Å²) in [6.45, 7) is 0.453. The molecule has 0 unspecified atom stereocenters. The predicted molar refractivity (Wildman–Crippen MR) is 58.8 cm³/mol. The average Bonchev–Trinajstić information content (AvgIpc) is 2.17. The molecule has 0 aromatic carbocycles. The molecule has 0 amide bonds. The number of rotatable bonds is 4. The molecular formula is C9H13N2O2P. The van der Waals surface area contributed by atoms with Crippen molar-refractivity contribution in [1.29, 1.82) is 0 Å². The molecule has 5 heteroatoms. The van der Waals surface area contributed by atoms with E-state index in [9.17, 15) is 0 Å². The van der Waals surface area contributed by atoms with Gasteiger partial charge in [0.1, 0.15) is 11.3 Å². The number of anilines is 1. The molecule has 0 aliphatic carbocycles. The van der Waals surface area contributed by atoms with Crippen molar-refractivity contribution in [2.75, 3.05) is 20.0 Å². The minimum absolute atomic E-state index is 0.423. The van der Waals surface area contributed by atoms with Crippen molar-refractivity contribution < 1.29 is 9.47 Å². The summed E-state index contributed by atoms with van der Waals surface area (Å²) in [5.74, 6) is 0.423. The molecule has 0 bridgehead atoms. The topological polar surface area (TPSA) is 57.4 Å². The minimum atomic E-state index is 0.423. The zero-order valence-corrected chi connectivity index (χ0v) is 9.20. The van der Waals surface area contributed by atoms with E-state index in [0.29, 0.717) is 17.9 Å². The van der Waals surface area contributed by atoms with Crippen LogP contribution in [0.3, 0.4) is 0 Å². The maximum absolute atomic E-state index is 5.73. The molecule has 0 atom stereocenters. The molecule has 1 heterocycles. The van der Waals surface area contributed by atoms with Gasteiger partial charge >= 0.3 is 0 Å². The number of hydrogen-bond acceptors (Lipinski definition) is 4. The second-order valence-electron chi connectivity index (χ2n) is 2.70. The van der Waals surface area contributed by atoms with E-state index in [4.69, 9.17) is 15.2 Å². The average molecular weight is 212 g/mol. The molecular weight excluding hydrogens is 199 g/mol. The maximum Gasteiger partial charge on any atom is 0.134 e. The predicted octanol–water partition coefficient (Wildman–Crippen LogP) is 1.08. The van der Waals surface area contributed by atoms with Gasteiger partial charge in [-0.25, -0.2) is 4.98 Å². The van der Waals surface area contributed by atoms with Crippen molar-refractivity contribution in [3.63, 3.8) is 0 Å². The Morgan fingerprint density at radius 3 is 2.71 bits per heavy atom. The Labute approximate surface area is 85.3 Å². The number of nitrogens with two attached hydrogens (primary N) is 1. The van der Waals surface area contributed by atoms with Gasteiger partial charge < -0.3 is 15.2 Å². The molecule has 2 N–H and O–H groups in total. The molecule has 4 nitrogen and oxygen atoms in total. The third-order valence-electron chi connectivity index (χ3n) is 1.72. The van der Waals surface area contributed by atoms with Crippen LogP contribution in [-0.4, -0.2) is 24.7 Å². The number of nitrogens with zero attached hydrogens (tertiary/aromatic N) is 1. The van der Waals surface area contributed by atoms with Gasteiger partial charge in [-0.1, -0.05) is 8.86 Å². The summed E-state index contributed by atoms with van der Waals surface area (Å²) in [6, 6.07) is 3.68. The van der Waals surface area contributed by atoms with Crippen LogP contribution < -0.4 is 5.73 Å². The first-order valence-corrected chi connectivity index (χ1v) is 4.56. The molecule has 0 saturated heterocycles. The highest BCUT2D eigenvalue weighted by Gasteiger charge is 2.05. The first-order valence-electron chi connectivity index (χ1n) is 4.06. The lowest BCUT2D eigenvalue weighted by molar-refractivity contribution is 0.181. The SMILES string of the molecule is COCc1ccc(C(=P)OC)c(N)n1. The highest BCUT2D eigenvalue weighted by molar-refractivity contribution is 7.21. The minimum Gasteiger partial charge on any atom is -0.383 e. The number of aromatic nitrogens is 1. The van der Waals surface area contributed by atoms with Gasteiger partial charge in [0, 0.05) is 14.2 Å². The van der Waals surface area contributed by atoms with Gasteiger partial charge in [0.25, 0.3) is 0 Å². The van der Waals surface area contributed by atoms with E-state index < -0.39 is 0 Å². The lowest BCUT2D eigenvalue weighted by Crippen LogP contribution is -2.07. The number of pyridine rings is 1. The van der Waals surface area contributed by atoms with Crippen LogP contribution in [0, 0.1) is 0 Å². The van der Waals surface area contributed by atoms with Gasteiger partial charge in [0.05, 0.1) is 17.9 Å². The summed E-state index contributed by atoms with van der Waals surface area (Å²) < 4.78 is 9.94. The van der Waals surface area contributed by atoms with Crippen LogP contribution in [0.5, 0.6) is 0 Å². The molecule has 0 aliphatic heterocycles. The molecule has 0 spiro atoms. The monoisotopic (exact) mass is 212 g/mol. The smallest absolute Gasteiger partial charge is 0.134 e. The maximum atomic E-state index is 5.73. The quantitative estimate of drug-likeness (QED) is 0.758. The number of methoxy groups -OCH3 is 2. The zero-order valence-electron chi connectivity index (χ0n) is 8.20. The Morgan fingerprint density at radius 2 is 2.21 bits per heavy atom. The third-order valence-corrected chi connectivity index (χ3v) is 2.20. The first kappa shape index (κ1) is 11.1. The van der Waals surface area contributed by atoms with Crippen molar-refractivity contribution in [3.05, 3.63) is 23.4 Å². The fraction of sp³-hybridized carbons (Fsp3) is 0.333. The molecule has 1 aromatic rings.